The van der Waals surface area contributed by atoms with Crippen molar-refractivity contribution >= 4 is 39.8 Å². The number of benzene rings is 1. The van der Waals surface area contributed by atoms with Crippen LogP contribution in [0.2, 0.25) is 31.0 Å². The third kappa shape index (κ3) is 6.97. The van der Waals surface area contributed by atoms with Crippen molar-refractivity contribution in [1.82, 2.24) is 0 Å². The zero-order chi connectivity index (χ0) is 33.7. The van der Waals surface area contributed by atoms with Crippen LogP contribution in [0.5, 0.6) is 0 Å². The molecular weight excluding hydrogens is 636 g/mol. The van der Waals surface area contributed by atoms with Gasteiger partial charge in [-0.25, -0.2) is 0 Å². The number of hydrogen-bond acceptors (Lipinski definition) is 6. The molecular formula is C36H59ClO5SSi2. The first-order valence-electron chi connectivity index (χ1n) is 17.0. The molecule has 1 aromatic heterocycles. The fourth-order valence-corrected chi connectivity index (χ4v) is 20.2. The average molecular weight is 696 g/mol. The molecule has 254 valence electrons. The molecule has 0 bridgehead atoms. The van der Waals surface area contributed by atoms with E-state index in [0.717, 1.165) is 27.6 Å². The van der Waals surface area contributed by atoms with Crippen molar-refractivity contribution in [2.24, 2.45) is 0 Å². The summed E-state index contributed by atoms with van der Waals surface area (Å²) in [7, 11) is -5.26. The minimum Gasteiger partial charge on any atom is -0.408 e. The average Bonchev–Trinajstić information content (AvgIpc) is 3.30. The second-order valence-corrected chi connectivity index (χ2v) is 28.1. The Morgan fingerprint density at radius 3 is 1.98 bits per heavy atom. The van der Waals surface area contributed by atoms with Crippen molar-refractivity contribution in [2.45, 2.75) is 160 Å². The second-order valence-electron chi connectivity index (χ2n) is 16.3. The number of thiophene rings is 1. The molecule has 1 N–H and O–H groups in total. The maximum Gasteiger partial charge on any atom is 0.349 e. The summed E-state index contributed by atoms with van der Waals surface area (Å²) < 4.78 is 29.2. The molecule has 3 heterocycles. The van der Waals surface area contributed by atoms with Crippen LogP contribution in [-0.2, 0) is 30.9 Å². The highest BCUT2D eigenvalue weighted by Gasteiger charge is 2.65. The number of aliphatic hydroxyl groups is 1. The minimum absolute atomic E-state index is 0.198. The summed E-state index contributed by atoms with van der Waals surface area (Å²) in [4.78, 5) is 0.923. The number of aryl methyl sites for hydroxylation is 1. The third-order valence-electron chi connectivity index (χ3n) is 10.3. The second kappa shape index (κ2) is 13.8. The SMILES string of the molecule is CCc1ccc(Cc2cc([C@@H]3O[C@@H]4CO[Si](C(C)(C)C)(C(C)(C)C)O[C@H]4[C@H](O[Si](C(C)C)(C(C)C)C(C)C)[C@H]3O)sc2Cl)cc1. The lowest BCUT2D eigenvalue weighted by Gasteiger charge is -2.59. The largest absolute Gasteiger partial charge is 0.408 e. The summed E-state index contributed by atoms with van der Waals surface area (Å²) in [5.41, 5.74) is 4.66. The van der Waals surface area contributed by atoms with Gasteiger partial charge < -0.3 is 23.1 Å². The Morgan fingerprint density at radius 2 is 1.49 bits per heavy atom. The standard InChI is InChI=1S/C36H59ClO5SSi2/c1-14-25-15-17-26(18-16-25)19-27-20-29(43-34(27)37)32-30(38)33(41-44(22(2)3,23(4)5)24(6)7)31-28(40-32)21-39-45(42-31,35(8,9)10)36(11,12)13/h15-18,20,22-24,28,30-33,38H,14,19,21H2,1-13H3/t28-,30+,31-,32+,33-/m1/s1. The van der Waals surface area contributed by atoms with Crippen molar-refractivity contribution in [3.63, 3.8) is 0 Å². The summed E-state index contributed by atoms with van der Waals surface area (Å²) in [6.07, 6.45) is -1.08. The molecule has 1 aromatic carbocycles. The van der Waals surface area contributed by atoms with Gasteiger partial charge in [0.25, 0.3) is 0 Å². The van der Waals surface area contributed by atoms with E-state index in [1.165, 1.54) is 22.5 Å². The van der Waals surface area contributed by atoms with E-state index in [1.54, 1.807) is 0 Å². The van der Waals surface area contributed by atoms with E-state index in [2.05, 4.69) is 120 Å². The van der Waals surface area contributed by atoms with Gasteiger partial charge in [-0.15, -0.1) is 11.3 Å². The summed E-state index contributed by atoms with van der Waals surface area (Å²) in [5, 5.41) is 12.0. The summed E-state index contributed by atoms with van der Waals surface area (Å²) in [6.45, 7) is 29.7. The number of hydrogen-bond donors (Lipinski definition) is 1. The minimum atomic E-state index is -2.85. The van der Waals surface area contributed by atoms with E-state index >= 15 is 0 Å². The molecule has 2 saturated heterocycles. The Kier molecular flexibility index (Phi) is 11.4. The molecule has 0 amide bonds. The Labute approximate surface area is 284 Å². The summed E-state index contributed by atoms with van der Waals surface area (Å²) in [6, 6.07) is 10.8. The van der Waals surface area contributed by atoms with Crippen molar-refractivity contribution in [3.8, 4) is 0 Å². The van der Waals surface area contributed by atoms with Crippen LogP contribution in [0.15, 0.2) is 30.3 Å². The number of rotatable bonds is 9. The molecule has 2 aliphatic heterocycles. The number of halogens is 1. The molecule has 2 fully saturated rings. The lowest BCUT2D eigenvalue weighted by Crippen LogP contribution is -2.71. The Hall–Kier alpha value is -0.556. The van der Waals surface area contributed by atoms with Crippen LogP contribution in [0, 0.1) is 0 Å². The Morgan fingerprint density at radius 1 is 0.956 bits per heavy atom. The van der Waals surface area contributed by atoms with Crippen molar-refractivity contribution in [1.29, 1.82) is 0 Å². The van der Waals surface area contributed by atoms with Crippen molar-refractivity contribution < 1.29 is 23.1 Å². The molecule has 5 atom stereocenters. The van der Waals surface area contributed by atoms with Crippen molar-refractivity contribution in [3.05, 3.63) is 56.2 Å². The van der Waals surface area contributed by atoms with Gasteiger partial charge in [0.2, 0.25) is 8.32 Å². The maximum atomic E-state index is 12.4. The lowest BCUT2D eigenvalue weighted by atomic mass is 9.94. The monoisotopic (exact) mass is 694 g/mol. The molecule has 0 saturated carbocycles. The van der Waals surface area contributed by atoms with E-state index < -0.39 is 41.3 Å². The van der Waals surface area contributed by atoms with Gasteiger partial charge in [-0.2, -0.15) is 0 Å². The first kappa shape index (κ1) is 37.3. The van der Waals surface area contributed by atoms with E-state index in [0.29, 0.717) is 23.2 Å². The molecule has 2 aromatic rings. The first-order valence-corrected chi connectivity index (χ1v) is 22.1. The highest BCUT2D eigenvalue weighted by atomic mass is 35.5. The normalized spacial score (nSPS) is 26.1. The van der Waals surface area contributed by atoms with Crippen LogP contribution < -0.4 is 0 Å². The van der Waals surface area contributed by atoms with Gasteiger partial charge in [0.15, 0.2) is 0 Å². The zero-order valence-electron chi connectivity index (χ0n) is 30.0. The number of fused-ring (bicyclic) bond motifs is 1. The molecule has 0 spiro atoms. The van der Waals surface area contributed by atoms with Crippen LogP contribution in [0.1, 0.15) is 118 Å². The summed E-state index contributed by atoms with van der Waals surface area (Å²) in [5.74, 6) is 0. The van der Waals surface area contributed by atoms with E-state index in [-0.39, 0.29) is 16.2 Å². The fourth-order valence-electron chi connectivity index (χ4n) is 8.35. The van der Waals surface area contributed by atoms with Gasteiger partial charge in [-0.3, -0.25) is 0 Å². The van der Waals surface area contributed by atoms with E-state index in [1.807, 2.05) is 0 Å². The molecule has 9 heteroatoms. The smallest absolute Gasteiger partial charge is 0.349 e. The third-order valence-corrected chi connectivity index (χ3v) is 23.0. The Balaban J connectivity index is 1.76. The highest BCUT2D eigenvalue weighted by Crippen LogP contribution is 2.57. The highest BCUT2D eigenvalue weighted by molar-refractivity contribution is 7.16. The predicted octanol–water partition coefficient (Wildman–Crippen LogP) is 10.4. The van der Waals surface area contributed by atoms with Gasteiger partial charge >= 0.3 is 8.56 Å². The molecule has 0 unspecified atom stereocenters. The van der Waals surface area contributed by atoms with Gasteiger partial charge in [0.1, 0.15) is 30.5 Å². The molecule has 4 rings (SSSR count). The van der Waals surface area contributed by atoms with E-state index in [9.17, 15) is 5.11 Å². The van der Waals surface area contributed by atoms with Crippen LogP contribution in [-0.4, -0.2) is 53.0 Å². The van der Waals surface area contributed by atoms with Gasteiger partial charge in [-0.1, -0.05) is 126 Å². The fraction of sp³-hybridized carbons (Fsp3) is 0.722. The van der Waals surface area contributed by atoms with Crippen LogP contribution >= 0.6 is 22.9 Å². The summed E-state index contributed by atoms with van der Waals surface area (Å²) >= 11 is 8.38. The van der Waals surface area contributed by atoms with Crippen LogP contribution in [0.25, 0.3) is 0 Å². The van der Waals surface area contributed by atoms with Crippen molar-refractivity contribution in [2.75, 3.05) is 6.61 Å². The topological polar surface area (TPSA) is 57.2 Å². The molecule has 5 nitrogen and oxygen atoms in total. The van der Waals surface area contributed by atoms with Crippen LogP contribution in [0.4, 0.5) is 0 Å². The zero-order valence-corrected chi connectivity index (χ0v) is 33.6. The van der Waals surface area contributed by atoms with Crippen LogP contribution in [0.3, 0.4) is 0 Å². The molecule has 0 radical (unpaired) electrons. The molecule has 0 aliphatic carbocycles. The molecule has 45 heavy (non-hydrogen) atoms. The molecule has 2 aliphatic rings. The number of ether oxygens (including phenoxy) is 1. The lowest BCUT2D eigenvalue weighted by molar-refractivity contribution is -0.242. The predicted molar refractivity (Wildman–Crippen MR) is 194 cm³/mol. The van der Waals surface area contributed by atoms with E-state index in [4.69, 9.17) is 29.6 Å². The quantitative estimate of drug-likeness (QED) is 0.265. The number of aliphatic hydroxyl groups excluding tert-OH is 1. The Bertz CT molecular complexity index is 1240. The van der Waals surface area contributed by atoms with Gasteiger partial charge in [0.05, 0.1) is 10.9 Å². The van der Waals surface area contributed by atoms with Gasteiger partial charge in [0, 0.05) is 15.0 Å². The first-order chi connectivity index (χ1) is 20.8. The maximum absolute atomic E-state index is 12.4. The van der Waals surface area contributed by atoms with Gasteiger partial charge in [-0.05, 0) is 52.2 Å².